The van der Waals surface area contributed by atoms with Crippen LogP contribution in [0.5, 0.6) is 0 Å². The Labute approximate surface area is 83.4 Å². The molecule has 0 aromatic carbocycles. The first-order valence-electron chi connectivity index (χ1n) is 4.06. The number of hydrogen-bond donors (Lipinski definition) is 0. The highest BCUT2D eigenvalue weighted by Gasteiger charge is 2.13. The average Bonchev–Trinajstić information content (AvgIpc) is 2.14. The van der Waals surface area contributed by atoms with Crippen molar-refractivity contribution >= 4 is 23.4 Å². The fourth-order valence-corrected chi connectivity index (χ4v) is 0.894. The Kier molecular flexibility index (Phi) is 5.46. The van der Waals surface area contributed by atoms with Crippen LogP contribution in [0.25, 0.3) is 0 Å². The molecule has 0 aromatic rings. The first-order valence-corrected chi connectivity index (χ1v) is 4.60. The van der Waals surface area contributed by atoms with Crippen LogP contribution in [0.15, 0.2) is 0 Å². The summed E-state index contributed by atoms with van der Waals surface area (Å²) in [4.78, 5) is 25.1. The second-order valence-electron chi connectivity index (χ2n) is 2.79. The third-order valence-electron chi connectivity index (χ3n) is 1.81. The van der Waals surface area contributed by atoms with Crippen molar-refractivity contribution < 1.29 is 9.59 Å². The maximum absolute atomic E-state index is 11.3. The standard InChI is InChI=1S/C8H15ClN2O2/c1-4-10(2)8(13)6-11(3)7(12)5-9/h4-6H2,1-3H3. The largest absolute Gasteiger partial charge is 0.345 e. The van der Waals surface area contributed by atoms with Crippen molar-refractivity contribution in [3.8, 4) is 0 Å². The van der Waals surface area contributed by atoms with Crippen molar-refractivity contribution in [2.75, 3.05) is 33.1 Å². The lowest BCUT2D eigenvalue weighted by Gasteiger charge is -2.20. The van der Waals surface area contributed by atoms with Gasteiger partial charge in [0.05, 0.1) is 6.54 Å². The monoisotopic (exact) mass is 206 g/mol. The normalized spacial score (nSPS) is 9.54. The maximum atomic E-state index is 11.3. The Hall–Kier alpha value is -0.770. The molecule has 0 unspecified atom stereocenters. The van der Waals surface area contributed by atoms with Crippen LogP contribution in [0.4, 0.5) is 0 Å². The van der Waals surface area contributed by atoms with Gasteiger partial charge in [-0.25, -0.2) is 0 Å². The number of alkyl halides is 1. The summed E-state index contributed by atoms with van der Waals surface area (Å²) < 4.78 is 0. The molecule has 5 heteroatoms. The number of nitrogens with zero attached hydrogens (tertiary/aromatic N) is 2. The van der Waals surface area contributed by atoms with E-state index in [0.717, 1.165) is 0 Å². The number of likely N-dealkylation sites (N-methyl/N-ethyl adjacent to an activating group) is 2. The van der Waals surface area contributed by atoms with Gasteiger partial charge in [0.1, 0.15) is 5.88 Å². The van der Waals surface area contributed by atoms with Gasteiger partial charge >= 0.3 is 0 Å². The fourth-order valence-electron chi connectivity index (χ4n) is 0.690. The van der Waals surface area contributed by atoms with Crippen LogP contribution in [-0.4, -0.2) is 54.7 Å². The summed E-state index contributed by atoms with van der Waals surface area (Å²) in [6, 6.07) is 0. The smallest absolute Gasteiger partial charge is 0.241 e. The molecule has 0 aromatic heterocycles. The van der Waals surface area contributed by atoms with E-state index in [0.29, 0.717) is 6.54 Å². The van der Waals surface area contributed by atoms with Crippen molar-refractivity contribution in [1.29, 1.82) is 0 Å². The Morgan fingerprint density at radius 3 is 2.08 bits per heavy atom. The molecule has 4 nitrogen and oxygen atoms in total. The van der Waals surface area contributed by atoms with E-state index in [1.807, 2.05) is 6.92 Å². The van der Waals surface area contributed by atoms with E-state index in [2.05, 4.69) is 0 Å². The molecule has 0 bridgehead atoms. The molecule has 0 spiro atoms. The van der Waals surface area contributed by atoms with Gasteiger partial charge in [-0.1, -0.05) is 0 Å². The van der Waals surface area contributed by atoms with Gasteiger partial charge in [-0.15, -0.1) is 11.6 Å². The summed E-state index contributed by atoms with van der Waals surface area (Å²) in [5.74, 6) is -0.400. The molecule has 0 N–H and O–H groups in total. The third kappa shape index (κ3) is 4.12. The first kappa shape index (κ1) is 12.2. The lowest BCUT2D eigenvalue weighted by molar-refractivity contribution is -0.137. The van der Waals surface area contributed by atoms with Crippen LogP contribution in [0.2, 0.25) is 0 Å². The van der Waals surface area contributed by atoms with Crippen LogP contribution in [0.1, 0.15) is 6.92 Å². The molecule has 13 heavy (non-hydrogen) atoms. The van der Waals surface area contributed by atoms with E-state index < -0.39 is 0 Å². The SMILES string of the molecule is CCN(C)C(=O)CN(C)C(=O)CCl. The summed E-state index contributed by atoms with van der Waals surface area (Å²) in [6.07, 6.45) is 0. The molecular weight excluding hydrogens is 192 g/mol. The van der Waals surface area contributed by atoms with Gasteiger partial charge in [0.2, 0.25) is 11.8 Å². The highest BCUT2D eigenvalue weighted by atomic mass is 35.5. The zero-order valence-corrected chi connectivity index (χ0v) is 8.97. The van der Waals surface area contributed by atoms with Gasteiger partial charge < -0.3 is 9.80 Å². The average molecular weight is 207 g/mol. The highest BCUT2D eigenvalue weighted by molar-refractivity contribution is 6.27. The van der Waals surface area contributed by atoms with Crippen molar-refractivity contribution in [1.82, 2.24) is 9.80 Å². The van der Waals surface area contributed by atoms with Crippen LogP contribution in [-0.2, 0) is 9.59 Å². The molecular formula is C8H15ClN2O2. The molecule has 0 rings (SSSR count). The van der Waals surface area contributed by atoms with E-state index in [1.54, 1.807) is 19.0 Å². The molecule has 0 aliphatic carbocycles. The quantitative estimate of drug-likeness (QED) is 0.615. The Morgan fingerprint density at radius 2 is 1.69 bits per heavy atom. The van der Waals surface area contributed by atoms with E-state index in [4.69, 9.17) is 11.6 Å². The molecule has 0 fully saturated rings. The fraction of sp³-hybridized carbons (Fsp3) is 0.750. The van der Waals surface area contributed by atoms with Gasteiger partial charge in [0.25, 0.3) is 0 Å². The van der Waals surface area contributed by atoms with Gasteiger partial charge in [0.15, 0.2) is 0 Å². The van der Waals surface area contributed by atoms with E-state index in [-0.39, 0.29) is 24.2 Å². The predicted octanol–water partition coefficient (Wildman–Crippen LogP) is 0.162. The number of halogens is 1. The number of rotatable bonds is 4. The minimum atomic E-state index is -0.237. The minimum absolute atomic E-state index is 0.0801. The molecule has 0 aliphatic heterocycles. The first-order chi connectivity index (χ1) is 6.02. The van der Waals surface area contributed by atoms with E-state index in [9.17, 15) is 9.59 Å². The van der Waals surface area contributed by atoms with Gasteiger partial charge in [-0.3, -0.25) is 9.59 Å². The van der Waals surface area contributed by atoms with Crippen LogP contribution in [0.3, 0.4) is 0 Å². The molecule has 2 amide bonds. The third-order valence-corrected chi connectivity index (χ3v) is 2.04. The van der Waals surface area contributed by atoms with Crippen LogP contribution < -0.4 is 0 Å². The topological polar surface area (TPSA) is 40.6 Å². The van der Waals surface area contributed by atoms with Gasteiger partial charge in [-0.05, 0) is 6.92 Å². The van der Waals surface area contributed by atoms with E-state index >= 15 is 0 Å². The summed E-state index contributed by atoms with van der Waals surface area (Å²) >= 11 is 5.33. The molecule has 0 heterocycles. The summed E-state index contributed by atoms with van der Waals surface area (Å²) in [5, 5.41) is 0. The summed E-state index contributed by atoms with van der Waals surface area (Å²) in [6.45, 7) is 2.61. The van der Waals surface area contributed by atoms with E-state index in [1.165, 1.54) is 4.90 Å². The summed E-state index contributed by atoms with van der Waals surface area (Å²) in [7, 11) is 3.26. The Balaban J connectivity index is 3.98. The zero-order valence-electron chi connectivity index (χ0n) is 8.21. The highest BCUT2D eigenvalue weighted by Crippen LogP contribution is 1.91. The number of amides is 2. The Bertz CT molecular complexity index is 197. The van der Waals surface area contributed by atoms with Crippen LogP contribution in [0, 0.1) is 0 Å². The molecule has 0 aliphatic rings. The molecule has 0 saturated carbocycles. The van der Waals surface area contributed by atoms with Crippen LogP contribution >= 0.6 is 11.6 Å². The Morgan fingerprint density at radius 1 is 1.15 bits per heavy atom. The number of carbonyl (C=O) groups is 2. The number of carbonyl (C=O) groups excluding carboxylic acids is 2. The second kappa shape index (κ2) is 5.80. The van der Waals surface area contributed by atoms with Crippen molar-refractivity contribution in [3.05, 3.63) is 0 Å². The lowest BCUT2D eigenvalue weighted by Crippen LogP contribution is -2.39. The lowest BCUT2D eigenvalue weighted by atomic mass is 10.4. The molecule has 0 radical (unpaired) electrons. The molecule has 0 saturated heterocycles. The second-order valence-corrected chi connectivity index (χ2v) is 3.06. The van der Waals surface area contributed by atoms with Crippen molar-refractivity contribution in [3.63, 3.8) is 0 Å². The predicted molar refractivity (Wildman–Crippen MR) is 51.7 cm³/mol. The van der Waals surface area contributed by atoms with Crippen molar-refractivity contribution in [2.24, 2.45) is 0 Å². The maximum Gasteiger partial charge on any atom is 0.241 e. The van der Waals surface area contributed by atoms with Crippen molar-refractivity contribution in [2.45, 2.75) is 6.92 Å². The summed E-state index contributed by atoms with van der Waals surface area (Å²) in [5.41, 5.74) is 0. The number of hydrogen-bond acceptors (Lipinski definition) is 2. The zero-order chi connectivity index (χ0) is 10.4. The van der Waals surface area contributed by atoms with Gasteiger partial charge in [0, 0.05) is 20.6 Å². The minimum Gasteiger partial charge on any atom is -0.345 e. The molecule has 0 atom stereocenters. The van der Waals surface area contributed by atoms with Gasteiger partial charge in [-0.2, -0.15) is 0 Å². The molecule has 76 valence electrons.